The number of nitrogens with one attached hydrogen (secondary N) is 1. The highest BCUT2D eigenvalue weighted by Crippen LogP contribution is 2.29. The quantitative estimate of drug-likeness (QED) is 0.479. The second-order valence-corrected chi connectivity index (χ2v) is 10.1. The summed E-state index contributed by atoms with van der Waals surface area (Å²) < 4.78 is 5.84. The van der Waals surface area contributed by atoms with Crippen molar-refractivity contribution in [1.82, 2.24) is 14.8 Å². The van der Waals surface area contributed by atoms with Crippen LogP contribution in [0.25, 0.3) is 11.1 Å². The van der Waals surface area contributed by atoms with Crippen LogP contribution in [0.4, 0.5) is 6.01 Å². The molecule has 1 aromatic heterocycles. The molecule has 1 aliphatic carbocycles. The smallest absolute Gasteiger partial charge is 0.295 e. The van der Waals surface area contributed by atoms with Gasteiger partial charge in [0.05, 0.1) is 0 Å². The molecule has 8 heteroatoms. The Morgan fingerprint density at radius 2 is 2.00 bits per heavy atom. The van der Waals surface area contributed by atoms with Crippen molar-refractivity contribution in [2.24, 2.45) is 5.92 Å². The first-order valence-corrected chi connectivity index (χ1v) is 12.8. The molecule has 0 bridgehead atoms. The van der Waals surface area contributed by atoms with Gasteiger partial charge in [0.25, 0.3) is 11.9 Å². The minimum absolute atomic E-state index is 0.0384. The molecule has 5 rings (SSSR count). The van der Waals surface area contributed by atoms with E-state index in [1.807, 2.05) is 47.4 Å². The number of benzene rings is 2. The van der Waals surface area contributed by atoms with Gasteiger partial charge in [-0.25, -0.2) is 0 Å². The molecule has 2 aliphatic rings. The molecule has 1 aliphatic heterocycles. The number of carbonyl (C=O) groups excluding carboxylic acids is 2. The van der Waals surface area contributed by atoms with E-state index in [0.29, 0.717) is 46.7 Å². The van der Waals surface area contributed by atoms with Crippen molar-refractivity contribution < 1.29 is 14.0 Å². The second kappa shape index (κ2) is 10.3. The Morgan fingerprint density at radius 1 is 1.17 bits per heavy atom. The fraction of sp³-hybridized carbons (Fsp3) is 0.444. The van der Waals surface area contributed by atoms with Crippen LogP contribution in [0.15, 0.2) is 46.9 Å². The molecule has 0 radical (unpaired) electrons. The lowest BCUT2D eigenvalue weighted by molar-refractivity contribution is -0.127. The first kappa shape index (κ1) is 23.7. The first-order valence-electron chi connectivity index (χ1n) is 12.4. The van der Waals surface area contributed by atoms with E-state index in [4.69, 9.17) is 16.0 Å². The third-order valence-electron chi connectivity index (χ3n) is 7.18. The van der Waals surface area contributed by atoms with Crippen molar-refractivity contribution in [3.05, 3.63) is 58.6 Å². The summed E-state index contributed by atoms with van der Waals surface area (Å²) in [6.07, 6.45) is 5.34. The zero-order chi connectivity index (χ0) is 24.4. The zero-order valence-corrected chi connectivity index (χ0v) is 20.8. The molecule has 0 spiro atoms. The Bertz CT molecular complexity index is 1220. The van der Waals surface area contributed by atoms with Gasteiger partial charge < -0.3 is 19.5 Å². The number of likely N-dealkylation sites (tertiary alicyclic amines) is 1. The van der Waals surface area contributed by atoms with Crippen LogP contribution < -0.4 is 5.32 Å². The van der Waals surface area contributed by atoms with Gasteiger partial charge in [-0.3, -0.25) is 9.59 Å². The Balaban J connectivity index is 1.31. The van der Waals surface area contributed by atoms with Gasteiger partial charge in [-0.2, -0.15) is 4.98 Å². The highest BCUT2D eigenvalue weighted by atomic mass is 35.5. The van der Waals surface area contributed by atoms with Crippen molar-refractivity contribution in [3.8, 4) is 0 Å². The summed E-state index contributed by atoms with van der Waals surface area (Å²) in [7, 11) is 0. The third-order valence-corrected chi connectivity index (χ3v) is 7.41. The minimum Gasteiger partial charge on any atom is -0.424 e. The minimum atomic E-state index is 0.0384. The topological polar surface area (TPSA) is 78.7 Å². The fourth-order valence-corrected chi connectivity index (χ4v) is 5.50. The molecule has 3 aromatic rings. The van der Waals surface area contributed by atoms with Gasteiger partial charge in [0.1, 0.15) is 5.52 Å². The number of anilines is 1. The predicted octanol–water partition coefficient (Wildman–Crippen LogP) is 5.35. The maximum atomic E-state index is 13.7. The van der Waals surface area contributed by atoms with Crippen LogP contribution in [0.3, 0.4) is 0 Å². The van der Waals surface area contributed by atoms with Crippen molar-refractivity contribution in [3.63, 3.8) is 0 Å². The molecule has 1 saturated heterocycles. The van der Waals surface area contributed by atoms with E-state index in [1.165, 1.54) is 0 Å². The molecule has 2 fully saturated rings. The van der Waals surface area contributed by atoms with Crippen molar-refractivity contribution in [1.29, 1.82) is 0 Å². The summed E-state index contributed by atoms with van der Waals surface area (Å²) in [6, 6.07) is 13.8. The number of nitrogens with zero attached hydrogens (tertiary/aromatic N) is 3. The van der Waals surface area contributed by atoms with E-state index < -0.39 is 0 Å². The van der Waals surface area contributed by atoms with Gasteiger partial charge >= 0.3 is 0 Å². The Labute approximate surface area is 210 Å². The summed E-state index contributed by atoms with van der Waals surface area (Å²) in [5.74, 6) is 0.473. The van der Waals surface area contributed by atoms with E-state index in [9.17, 15) is 9.59 Å². The fourth-order valence-electron chi connectivity index (χ4n) is 5.29. The lowest BCUT2D eigenvalue weighted by Gasteiger charge is -2.31. The lowest BCUT2D eigenvalue weighted by Crippen LogP contribution is -2.42. The summed E-state index contributed by atoms with van der Waals surface area (Å²) in [5, 5.41) is 3.88. The predicted molar refractivity (Wildman–Crippen MR) is 136 cm³/mol. The number of rotatable bonds is 7. The maximum absolute atomic E-state index is 13.7. The van der Waals surface area contributed by atoms with E-state index >= 15 is 0 Å². The Hall–Kier alpha value is -3.06. The maximum Gasteiger partial charge on any atom is 0.295 e. The van der Waals surface area contributed by atoms with Crippen molar-refractivity contribution in [2.45, 2.75) is 51.6 Å². The molecule has 184 valence electrons. The second-order valence-electron chi connectivity index (χ2n) is 9.70. The number of fused-ring (bicyclic) bond motifs is 1. The van der Waals surface area contributed by atoms with Gasteiger partial charge in [0.2, 0.25) is 5.91 Å². The van der Waals surface area contributed by atoms with E-state index in [2.05, 4.69) is 15.2 Å². The monoisotopic (exact) mass is 494 g/mol. The summed E-state index contributed by atoms with van der Waals surface area (Å²) in [5.41, 5.74) is 2.94. The molecular formula is C27H31ClN4O3. The van der Waals surface area contributed by atoms with Gasteiger partial charge in [-0.15, -0.1) is 0 Å². The van der Waals surface area contributed by atoms with Crippen LogP contribution in [0.5, 0.6) is 0 Å². The number of aromatic nitrogens is 1. The van der Waals surface area contributed by atoms with Gasteiger partial charge in [0, 0.05) is 49.7 Å². The number of carbonyl (C=O) groups is 2. The van der Waals surface area contributed by atoms with Crippen molar-refractivity contribution >= 4 is 40.5 Å². The standard InChI is InChI=1S/C27H31ClN4O3/c1-18(33)31-12-11-20(16-31)17-32(23-7-2-3-8-23)26(34)21-9-10-25-24(14-21)30-27(35-25)29-15-19-5-4-6-22(28)13-19/h4-6,9-10,13-14,20,23H,2-3,7-8,11-12,15-17H2,1H3,(H,29,30). The van der Waals surface area contributed by atoms with Crippen LogP contribution in [-0.4, -0.2) is 52.3 Å². The molecule has 7 nitrogen and oxygen atoms in total. The molecule has 35 heavy (non-hydrogen) atoms. The van der Waals surface area contributed by atoms with E-state index in [0.717, 1.165) is 50.8 Å². The Kier molecular flexibility index (Phi) is 6.95. The van der Waals surface area contributed by atoms with Crippen LogP contribution in [0.2, 0.25) is 5.02 Å². The van der Waals surface area contributed by atoms with E-state index in [-0.39, 0.29) is 17.9 Å². The highest BCUT2D eigenvalue weighted by Gasteiger charge is 2.33. The van der Waals surface area contributed by atoms with Gasteiger partial charge in [-0.05, 0) is 61.1 Å². The molecular weight excluding hydrogens is 464 g/mol. The number of hydrogen-bond donors (Lipinski definition) is 1. The van der Waals surface area contributed by atoms with Crippen LogP contribution >= 0.6 is 11.6 Å². The molecule has 1 saturated carbocycles. The van der Waals surface area contributed by atoms with Gasteiger partial charge in [0.15, 0.2) is 5.58 Å². The summed E-state index contributed by atoms with van der Waals surface area (Å²) >= 11 is 6.06. The third kappa shape index (κ3) is 5.45. The average Bonchev–Trinajstić information content (AvgIpc) is 3.61. The largest absolute Gasteiger partial charge is 0.424 e. The summed E-state index contributed by atoms with van der Waals surface area (Å²) in [6.45, 7) is 4.36. The molecule has 2 aromatic carbocycles. The van der Waals surface area contributed by atoms with Crippen LogP contribution in [0, 0.1) is 5.92 Å². The molecule has 2 amide bonds. The molecule has 1 atom stereocenters. The number of hydrogen-bond acceptors (Lipinski definition) is 5. The van der Waals surface area contributed by atoms with E-state index in [1.54, 1.807) is 6.92 Å². The number of amides is 2. The normalized spacial score (nSPS) is 18.3. The first-order chi connectivity index (χ1) is 17.0. The van der Waals surface area contributed by atoms with Gasteiger partial charge in [-0.1, -0.05) is 36.6 Å². The molecule has 1 unspecified atom stereocenters. The highest BCUT2D eigenvalue weighted by molar-refractivity contribution is 6.30. The van der Waals surface area contributed by atoms with Crippen molar-refractivity contribution in [2.75, 3.05) is 25.0 Å². The SMILES string of the molecule is CC(=O)N1CCC(CN(C(=O)c2ccc3oc(NCc4cccc(Cl)c4)nc3c2)C2CCCC2)C1. The number of oxazole rings is 1. The summed E-state index contributed by atoms with van der Waals surface area (Å²) in [4.78, 5) is 34.0. The lowest BCUT2D eigenvalue weighted by atomic mass is 10.0. The molecule has 2 heterocycles. The average molecular weight is 495 g/mol. The van der Waals surface area contributed by atoms with Crippen LogP contribution in [-0.2, 0) is 11.3 Å². The van der Waals surface area contributed by atoms with Crippen LogP contribution in [0.1, 0.15) is 54.9 Å². The number of halogens is 1. The zero-order valence-electron chi connectivity index (χ0n) is 20.0. The molecule has 1 N–H and O–H groups in total. The Morgan fingerprint density at radius 3 is 2.74 bits per heavy atom.